The lowest BCUT2D eigenvalue weighted by molar-refractivity contribution is -0.143. The number of nitrogens with two attached hydrogens (primary N) is 2. The second-order valence-corrected chi connectivity index (χ2v) is 5.88. The fraction of sp³-hybridized carbons (Fsp3) is 0.667. The molecule has 3 atom stereocenters. The van der Waals surface area contributed by atoms with Crippen LogP contribution >= 0.6 is 0 Å². The molecule has 0 fully saturated rings. The molecule has 0 radical (unpaired) electrons. The molecule has 0 saturated carbocycles. The lowest BCUT2D eigenvalue weighted by Crippen LogP contribution is -2.55. The summed E-state index contributed by atoms with van der Waals surface area (Å²) in [5.41, 5.74) is 10.8. The zero-order valence-electron chi connectivity index (χ0n) is 14.7. The fourth-order valence-electron chi connectivity index (χ4n) is 2.10. The highest BCUT2D eigenvalue weighted by Crippen LogP contribution is 2.04. The summed E-state index contributed by atoms with van der Waals surface area (Å²) in [7, 11) is 0. The molecule has 0 aliphatic heterocycles. The number of carboxylic acids is 3. The van der Waals surface area contributed by atoms with Gasteiger partial charge < -0.3 is 37.4 Å². The lowest BCUT2D eigenvalue weighted by atomic mass is 10.1. The number of hydrogen-bond acceptors (Lipinski definition) is 7. The molecule has 2 amide bonds. The van der Waals surface area contributed by atoms with E-state index in [1.807, 2.05) is 0 Å². The van der Waals surface area contributed by atoms with Crippen molar-refractivity contribution >= 4 is 29.7 Å². The number of nitrogens with one attached hydrogen (secondary N) is 2. The molecule has 0 aromatic heterocycles. The van der Waals surface area contributed by atoms with Gasteiger partial charge in [-0.1, -0.05) is 0 Å². The summed E-state index contributed by atoms with van der Waals surface area (Å²) in [5.74, 6) is -5.77. The van der Waals surface area contributed by atoms with Gasteiger partial charge in [0.25, 0.3) is 0 Å². The number of aliphatic carboxylic acids is 3. The minimum absolute atomic E-state index is 0.0874. The second kappa shape index (κ2) is 12.6. The summed E-state index contributed by atoms with van der Waals surface area (Å²) in [6.45, 7) is 0.353. The summed E-state index contributed by atoms with van der Waals surface area (Å²) in [6.07, 6.45) is -0.314. The van der Waals surface area contributed by atoms with Crippen molar-refractivity contribution in [2.45, 2.75) is 56.7 Å². The van der Waals surface area contributed by atoms with Crippen molar-refractivity contribution in [3.8, 4) is 0 Å². The van der Waals surface area contributed by atoms with Gasteiger partial charge in [0.15, 0.2) is 0 Å². The van der Waals surface area contributed by atoms with Gasteiger partial charge in [0, 0.05) is 6.42 Å². The van der Waals surface area contributed by atoms with Crippen LogP contribution < -0.4 is 22.1 Å². The number of carbonyl (C=O) groups is 5. The van der Waals surface area contributed by atoms with Crippen LogP contribution in [-0.2, 0) is 24.0 Å². The van der Waals surface area contributed by atoms with E-state index < -0.39 is 54.3 Å². The van der Waals surface area contributed by atoms with Crippen LogP contribution in [0.1, 0.15) is 38.5 Å². The van der Waals surface area contributed by atoms with Crippen LogP contribution in [0.2, 0.25) is 0 Å². The Morgan fingerprint density at radius 2 is 1.41 bits per heavy atom. The summed E-state index contributed by atoms with van der Waals surface area (Å²) in [6, 6.07) is -4.08. The molecular formula is C15H26N4O8. The van der Waals surface area contributed by atoms with Crippen LogP contribution in [0.5, 0.6) is 0 Å². The largest absolute Gasteiger partial charge is 0.481 e. The van der Waals surface area contributed by atoms with Crippen molar-refractivity contribution in [2.24, 2.45) is 11.5 Å². The van der Waals surface area contributed by atoms with E-state index in [1.165, 1.54) is 0 Å². The Labute approximate surface area is 155 Å². The third-order valence-corrected chi connectivity index (χ3v) is 3.58. The predicted molar refractivity (Wildman–Crippen MR) is 91.5 cm³/mol. The number of unbranched alkanes of at least 4 members (excludes halogenated alkanes) is 1. The Kier molecular flexibility index (Phi) is 11.3. The van der Waals surface area contributed by atoms with Crippen LogP contribution in [0, 0.1) is 0 Å². The average molecular weight is 390 g/mol. The third-order valence-electron chi connectivity index (χ3n) is 3.58. The summed E-state index contributed by atoms with van der Waals surface area (Å²) < 4.78 is 0. The number of hydrogen-bond donors (Lipinski definition) is 7. The van der Waals surface area contributed by atoms with Gasteiger partial charge >= 0.3 is 17.9 Å². The molecule has 0 spiro atoms. The molecule has 27 heavy (non-hydrogen) atoms. The molecule has 0 aromatic rings. The van der Waals surface area contributed by atoms with Crippen LogP contribution in [0.15, 0.2) is 0 Å². The molecule has 0 aromatic carbocycles. The van der Waals surface area contributed by atoms with Crippen LogP contribution in [0.4, 0.5) is 0 Å². The van der Waals surface area contributed by atoms with E-state index >= 15 is 0 Å². The maximum absolute atomic E-state index is 12.2. The molecule has 9 N–H and O–H groups in total. The minimum Gasteiger partial charge on any atom is -0.481 e. The molecule has 154 valence electrons. The molecule has 3 unspecified atom stereocenters. The zero-order valence-corrected chi connectivity index (χ0v) is 14.7. The SMILES string of the molecule is NCCCCC(NC(=O)C(CC(=O)O)NC(=O)C(N)CCC(=O)O)C(=O)O. The molecule has 0 aliphatic carbocycles. The summed E-state index contributed by atoms with van der Waals surface area (Å²) in [5, 5.41) is 30.9. The number of carboxylic acid groups (broad SMARTS) is 3. The zero-order chi connectivity index (χ0) is 21.0. The van der Waals surface area contributed by atoms with Crippen molar-refractivity contribution in [1.82, 2.24) is 10.6 Å². The van der Waals surface area contributed by atoms with Gasteiger partial charge in [-0.15, -0.1) is 0 Å². The lowest BCUT2D eigenvalue weighted by Gasteiger charge is -2.21. The molecule has 0 rings (SSSR count). The first-order chi connectivity index (χ1) is 12.6. The van der Waals surface area contributed by atoms with Crippen molar-refractivity contribution in [3.05, 3.63) is 0 Å². The van der Waals surface area contributed by atoms with E-state index in [4.69, 9.17) is 26.8 Å². The van der Waals surface area contributed by atoms with Crippen LogP contribution in [-0.4, -0.2) is 69.7 Å². The highest BCUT2D eigenvalue weighted by molar-refractivity contribution is 5.94. The predicted octanol–water partition coefficient (Wildman–Crippen LogP) is -2.16. The molecule has 0 saturated heterocycles. The van der Waals surface area contributed by atoms with Crippen molar-refractivity contribution in [3.63, 3.8) is 0 Å². The summed E-state index contributed by atoms with van der Waals surface area (Å²) >= 11 is 0. The number of carbonyl (C=O) groups excluding carboxylic acids is 2. The normalized spacial score (nSPS) is 13.9. The van der Waals surface area contributed by atoms with E-state index in [2.05, 4.69) is 10.6 Å². The summed E-state index contributed by atoms with van der Waals surface area (Å²) in [4.78, 5) is 56.9. The molecule has 12 nitrogen and oxygen atoms in total. The molecule has 0 heterocycles. The van der Waals surface area contributed by atoms with E-state index in [9.17, 15) is 24.0 Å². The maximum atomic E-state index is 12.2. The van der Waals surface area contributed by atoms with E-state index in [0.717, 1.165) is 0 Å². The second-order valence-electron chi connectivity index (χ2n) is 5.88. The first-order valence-electron chi connectivity index (χ1n) is 8.31. The van der Waals surface area contributed by atoms with Crippen molar-refractivity contribution < 1.29 is 39.3 Å². The highest BCUT2D eigenvalue weighted by Gasteiger charge is 2.29. The van der Waals surface area contributed by atoms with Crippen LogP contribution in [0.3, 0.4) is 0 Å². The molecular weight excluding hydrogens is 364 g/mol. The van der Waals surface area contributed by atoms with E-state index in [-0.39, 0.29) is 19.3 Å². The van der Waals surface area contributed by atoms with Gasteiger partial charge in [-0.25, -0.2) is 4.79 Å². The minimum atomic E-state index is -1.55. The topological polar surface area (TPSA) is 222 Å². The van der Waals surface area contributed by atoms with Crippen LogP contribution in [0.25, 0.3) is 0 Å². The molecule has 12 heteroatoms. The monoisotopic (exact) mass is 390 g/mol. The standard InChI is InChI=1S/C15H26N4O8/c16-6-2-1-3-9(15(26)27)18-14(25)10(7-12(22)23)19-13(24)8(17)4-5-11(20)21/h8-10H,1-7,16-17H2,(H,18,25)(H,19,24)(H,20,21)(H,22,23)(H,26,27). The number of amides is 2. The smallest absolute Gasteiger partial charge is 0.326 e. The third kappa shape index (κ3) is 10.8. The van der Waals surface area contributed by atoms with Gasteiger partial charge in [-0.3, -0.25) is 19.2 Å². The van der Waals surface area contributed by atoms with E-state index in [0.29, 0.717) is 19.4 Å². The Morgan fingerprint density at radius 3 is 1.89 bits per heavy atom. The Morgan fingerprint density at radius 1 is 0.815 bits per heavy atom. The van der Waals surface area contributed by atoms with Crippen molar-refractivity contribution in [1.29, 1.82) is 0 Å². The molecule has 0 aliphatic rings. The van der Waals surface area contributed by atoms with E-state index in [1.54, 1.807) is 0 Å². The highest BCUT2D eigenvalue weighted by atomic mass is 16.4. The fourth-order valence-corrected chi connectivity index (χ4v) is 2.10. The number of rotatable bonds is 14. The Hall–Kier alpha value is -2.73. The van der Waals surface area contributed by atoms with Crippen molar-refractivity contribution in [2.75, 3.05) is 6.54 Å². The van der Waals surface area contributed by atoms with Gasteiger partial charge in [0.2, 0.25) is 11.8 Å². The maximum Gasteiger partial charge on any atom is 0.326 e. The Balaban J connectivity index is 4.96. The van der Waals surface area contributed by atoms with Gasteiger partial charge in [0.1, 0.15) is 12.1 Å². The quantitative estimate of drug-likeness (QED) is 0.159. The Bertz CT molecular complexity index is 554. The first-order valence-corrected chi connectivity index (χ1v) is 8.31. The average Bonchev–Trinajstić information content (AvgIpc) is 2.57. The molecule has 0 bridgehead atoms. The first kappa shape index (κ1) is 24.3. The van der Waals surface area contributed by atoms with Gasteiger partial charge in [-0.2, -0.15) is 0 Å². The van der Waals surface area contributed by atoms with Gasteiger partial charge in [-0.05, 0) is 32.2 Å². The van der Waals surface area contributed by atoms with Gasteiger partial charge in [0.05, 0.1) is 12.5 Å².